The molecule has 0 saturated carbocycles. The van der Waals surface area contributed by atoms with Crippen molar-refractivity contribution in [3.8, 4) is 6.07 Å². The number of likely N-dealkylation sites (N-methyl/N-ethyl adjacent to an activating group) is 1. The van der Waals surface area contributed by atoms with Gasteiger partial charge in [-0.2, -0.15) is 5.26 Å². The Kier molecular flexibility index (Phi) is 9.07. The SMILES string of the molecule is CC(C)C(CNC(=O)OC(C)(C)C)C(C#N)NCCN(C)C. The molecule has 0 aromatic heterocycles. The lowest BCUT2D eigenvalue weighted by Crippen LogP contribution is -2.46. The van der Waals surface area contributed by atoms with Crippen molar-refractivity contribution in [2.24, 2.45) is 11.8 Å². The van der Waals surface area contributed by atoms with Crippen molar-refractivity contribution in [3.63, 3.8) is 0 Å². The number of carbonyl (C=O) groups excluding carboxylic acids is 1. The number of nitrogens with zero attached hydrogens (tertiary/aromatic N) is 2. The Morgan fingerprint density at radius 3 is 2.32 bits per heavy atom. The molecule has 0 radical (unpaired) electrons. The molecule has 6 nitrogen and oxygen atoms in total. The molecular weight excluding hydrogens is 280 g/mol. The zero-order valence-corrected chi connectivity index (χ0v) is 15.1. The predicted octanol–water partition coefficient (Wildman–Crippen LogP) is 1.83. The number of nitrogens with one attached hydrogen (secondary N) is 2. The van der Waals surface area contributed by atoms with Gasteiger partial charge in [0.15, 0.2) is 0 Å². The van der Waals surface area contributed by atoms with Gasteiger partial charge < -0.3 is 20.3 Å². The lowest BCUT2D eigenvalue weighted by atomic mass is 9.89. The summed E-state index contributed by atoms with van der Waals surface area (Å²) in [4.78, 5) is 13.8. The molecule has 0 spiro atoms. The summed E-state index contributed by atoms with van der Waals surface area (Å²) in [5, 5.41) is 15.4. The maximum absolute atomic E-state index is 11.8. The van der Waals surface area contributed by atoms with E-state index < -0.39 is 11.7 Å². The summed E-state index contributed by atoms with van der Waals surface area (Å²) >= 11 is 0. The fraction of sp³-hybridized carbons (Fsp3) is 0.875. The Labute approximate surface area is 135 Å². The summed E-state index contributed by atoms with van der Waals surface area (Å²) < 4.78 is 5.23. The molecular formula is C16H32N4O2. The van der Waals surface area contributed by atoms with E-state index >= 15 is 0 Å². The average molecular weight is 312 g/mol. The van der Waals surface area contributed by atoms with Crippen molar-refractivity contribution >= 4 is 6.09 Å². The van der Waals surface area contributed by atoms with Gasteiger partial charge in [0.2, 0.25) is 0 Å². The fourth-order valence-corrected chi connectivity index (χ4v) is 1.99. The molecule has 22 heavy (non-hydrogen) atoms. The van der Waals surface area contributed by atoms with E-state index in [1.54, 1.807) is 0 Å². The lowest BCUT2D eigenvalue weighted by molar-refractivity contribution is 0.0512. The summed E-state index contributed by atoms with van der Waals surface area (Å²) in [6, 6.07) is 2.01. The van der Waals surface area contributed by atoms with Gasteiger partial charge in [-0.05, 0) is 40.8 Å². The van der Waals surface area contributed by atoms with Crippen molar-refractivity contribution in [1.82, 2.24) is 15.5 Å². The van der Waals surface area contributed by atoms with Crippen LogP contribution in [-0.2, 0) is 4.74 Å². The molecule has 0 bridgehead atoms. The zero-order valence-electron chi connectivity index (χ0n) is 15.1. The summed E-state index contributed by atoms with van der Waals surface area (Å²) in [5.41, 5.74) is -0.518. The van der Waals surface area contributed by atoms with Gasteiger partial charge in [0, 0.05) is 25.6 Å². The van der Waals surface area contributed by atoms with Crippen LogP contribution in [-0.4, -0.2) is 56.4 Å². The standard InChI is InChI=1S/C16H32N4O2/c1-12(2)13(11-19-15(21)22-16(3,4)5)14(10-17)18-8-9-20(6)7/h12-14,18H,8-9,11H2,1-7H3,(H,19,21). The smallest absolute Gasteiger partial charge is 0.407 e. The van der Waals surface area contributed by atoms with Crippen LogP contribution < -0.4 is 10.6 Å². The van der Waals surface area contributed by atoms with Crippen molar-refractivity contribution in [3.05, 3.63) is 0 Å². The third kappa shape index (κ3) is 9.59. The molecule has 0 aromatic carbocycles. The molecule has 2 unspecified atom stereocenters. The number of hydrogen-bond acceptors (Lipinski definition) is 5. The van der Waals surface area contributed by atoms with Crippen molar-refractivity contribution in [2.45, 2.75) is 46.3 Å². The van der Waals surface area contributed by atoms with Crippen LogP contribution in [0.1, 0.15) is 34.6 Å². The van der Waals surface area contributed by atoms with Crippen LogP contribution in [0.5, 0.6) is 0 Å². The topological polar surface area (TPSA) is 77.4 Å². The minimum absolute atomic E-state index is 0.0275. The molecule has 128 valence electrons. The molecule has 6 heteroatoms. The average Bonchev–Trinajstić information content (AvgIpc) is 2.33. The summed E-state index contributed by atoms with van der Waals surface area (Å²) in [6.45, 7) is 11.6. The monoisotopic (exact) mass is 312 g/mol. The molecule has 2 N–H and O–H groups in total. The molecule has 1 amide bonds. The number of nitriles is 1. The van der Waals surface area contributed by atoms with Crippen LogP contribution in [0.4, 0.5) is 4.79 Å². The van der Waals surface area contributed by atoms with E-state index in [2.05, 4.69) is 35.5 Å². The summed E-state index contributed by atoms with van der Waals surface area (Å²) in [7, 11) is 3.99. The Bertz CT molecular complexity index is 369. The number of carbonyl (C=O) groups is 1. The van der Waals surface area contributed by atoms with Crippen LogP contribution in [0.3, 0.4) is 0 Å². The van der Waals surface area contributed by atoms with E-state index in [1.165, 1.54) is 0 Å². The second-order valence-electron chi connectivity index (χ2n) is 7.15. The fourth-order valence-electron chi connectivity index (χ4n) is 1.99. The van der Waals surface area contributed by atoms with E-state index in [9.17, 15) is 10.1 Å². The molecule has 0 heterocycles. The van der Waals surface area contributed by atoms with Gasteiger partial charge in [-0.3, -0.25) is 0 Å². The molecule has 0 rings (SSSR count). The first-order chi connectivity index (χ1) is 10.1. The largest absolute Gasteiger partial charge is 0.444 e. The van der Waals surface area contributed by atoms with Crippen molar-refractivity contribution in [2.75, 3.05) is 33.7 Å². The quantitative estimate of drug-likeness (QED) is 0.715. The highest BCUT2D eigenvalue weighted by atomic mass is 16.6. The first-order valence-electron chi connectivity index (χ1n) is 7.81. The van der Waals surface area contributed by atoms with Crippen LogP contribution in [0.2, 0.25) is 0 Å². The number of rotatable bonds is 8. The minimum Gasteiger partial charge on any atom is -0.444 e. The second-order valence-corrected chi connectivity index (χ2v) is 7.15. The van der Waals surface area contributed by atoms with E-state index in [4.69, 9.17) is 4.74 Å². The zero-order chi connectivity index (χ0) is 17.3. The highest BCUT2D eigenvalue weighted by molar-refractivity contribution is 5.67. The summed E-state index contributed by atoms with van der Waals surface area (Å²) in [6.07, 6.45) is -0.442. The van der Waals surface area contributed by atoms with Crippen LogP contribution in [0, 0.1) is 23.2 Å². The van der Waals surface area contributed by atoms with Crippen molar-refractivity contribution < 1.29 is 9.53 Å². The van der Waals surface area contributed by atoms with E-state index in [-0.39, 0.29) is 17.9 Å². The second kappa shape index (κ2) is 9.65. The first-order valence-corrected chi connectivity index (χ1v) is 7.81. The Hall–Kier alpha value is -1.32. The number of amides is 1. The number of ether oxygens (including phenoxy) is 1. The first kappa shape index (κ1) is 20.7. The van der Waals surface area contributed by atoms with Crippen molar-refractivity contribution in [1.29, 1.82) is 5.26 Å². The Balaban J connectivity index is 4.50. The van der Waals surface area contributed by atoms with E-state index in [1.807, 2.05) is 34.9 Å². The van der Waals surface area contributed by atoms with Crippen LogP contribution in [0.25, 0.3) is 0 Å². The van der Waals surface area contributed by atoms with E-state index in [0.29, 0.717) is 6.54 Å². The van der Waals surface area contributed by atoms with Gasteiger partial charge in [0.1, 0.15) is 11.6 Å². The van der Waals surface area contributed by atoms with Crippen LogP contribution in [0.15, 0.2) is 0 Å². The van der Waals surface area contributed by atoms with Crippen LogP contribution >= 0.6 is 0 Å². The molecule has 0 fully saturated rings. The predicted molar refractivity (Wildman–Crippen MR) is 88.5 cm³/mol. The summed E-state index contributed by atoms with van der Waals surface area (Å²) in [5.74, 6) is 0.297. The minimum atomic E-state index is -0.518. The van der Waals surface area contributed by atoms with Gasteiger partial charge in [0.25, 0.3) is 0 Å². The van der Waals surface area contributed by atoms with Gasteiger partial charge in [0.05, 0.1) is 6.07 Å². The molecule has 2 atom stereocenters. The molecule has 0 saturated heterocycles. The lowest BCUT2D eigenvalue weighted by Gasteiger charge is -2.28. The maximum atomic E-state index is 11.8. The number of alkyl carbamates (subject to hydrolysis) is 1. The maximum Gasteiger partial charge on any atom is 0.407 e. The third-order valence-electron chi connectivity index (χ3n) is 3.23. The normalized spacial score (nSPS) is 14.5. The molecule has 0 aliphatic rings. The molecule has 0 aliphatic carbocycles. The third-order valence-corrected chi connectivity index (χ3v) is 3.23. The van der Waals surface area contributed by atoms with Gasteiger partial charge in [-0.1, -0.05) is 13.8 Å². The highest BCUT2D eigenvalue weighted by Crippen LogP contribution is 2.15. The van der Waals surface area contributed by atoms with Gasteiger partial charge in [-0.15, -0.1) is 0 Å². The highest BCUT2D eigenvalue weighted by Gasteiger charge is 2.25. The van der Waals surface area contributed by atoms with Gasteiger partial charge in [-0.25, -0.2) is 4.79 Å². The Morgan fingerprint density at radius 2 is 1.91 bits per heavy atom. The van der Waals surface area contributed by atoms with Gasteiger partial charge >= 0.3 is 6.09 Å². The molecule has 0 aliphatic heterocycles. The Morgan fingerprint density at radius 1 is 1.32 bits per heavy atom. The van der Waals surface area contributed by atoms with E-state index in [0.717, 1.165) is 13.1 Å². The number of hydrogen-bond donors (Lipinski definition) is 2. The molecule has 0 aromatic rings.